The second-order valence-electron chi connectivity index (χ2n) is 5.14. The highest BCUT2D eigenvalue weighted by Crippen LogP contribution is 2.22. The van der Waals surface area contributed by atoms with Crippen molar-refractivity contribution in [2.24, 2.45) is 14.1 Å². The molecular weight excluding hydrogens is 320 g/mol. The van der Waals surface area contributed by atoms with Crippen LogP contribution in [0.25, 0.3) is 11.0 Å². The molecule has 0 aliphatic rings. The van der Waals surface area contributed by atoms with Crippen LogP contribution in [0.1, 0.15) is 25.6 Å². The molecule has 0 aliphatic carbocycles. The van der Waals surface area contributed by atoms with Crippen molar-refractivity contribution in [3.8, 4) is 0 Å². The molecule has 0 aliphatic heterocycles. The van der Waals surface area contributed by atoms with Gasteiger partial charge < -0.3 is 5.11 Å². The van der Waals surface area contributed by atoms with Gasteiger partial charge in [-0.3, -0.25) is 18.7 Å². The number of carboxylic acid groups (broad SMARTS) is 1. The van der Waals surface area contributed by atoms with E-state index in [2.05, 4.69) is 9.97 Å². The van der Waals surface area contributed by atoms with Crippen molar-refractivity contribution in [3.05, 3.63) is 26.7 Å². The average Bonchev–Trinajstić information content (AvgIpc) is 2.53. The first-order valence-electron chi connectivity index (χ1n) is 7.18. The lowest BCUT2D eigenvalue weighted by molar-refractivity contribution is -0.133. The number of nitrogens with zero attached hydrogens (tertiary/aromatic N) is 4. The zero-order chi connectivity index (χ0) is 17.1. The zero-order valence-electron chi connectivity index (χ0n) is 13.2. The Morgan fingerprint density at radius 1 is 1.22 bits per heavy atom. The maximum absolute atomic E-state index is 12.4. The maximum atomic E-state index is 12.4. The van der Waals surface area contributed by atoms with Crippen LogP contribution >= 0.6 is 11.8 Å². The Labute approximate surface area is 136 Å². The molecule has 8 nitrogen and oxygen atoms in total. The van der Waals surface area contributed by atoms with Crippen LogP contribution in [0.2, 0.25) is 0 Å². The third-order valence-corrected chi connectivity index (χ3v) is 4.36. The van der Waals surface area contributed by atoms with Gasteiger partial charge in [0.1, 0.15) is 16.2 Å². The zero-order valence-corrected chi connectivity index (χ0v) is 14.0. The van der Waals surface area contributed by atoms with E-state index < -0.39 is 17.2 Å². The van der Waals surface area contributed by atoms with Crippen molar-refractivity contribution in [2.45, 2.75) is 31.2 Å². The Bertz CT molecular complexity index is 872. The molecule has 2 rings (SSSR count). The monoisotopic (exact) mass is 338 g/mol. The maximum Gasteiger partial charge on any atom is 0.332 e. The van der Waals surface area contributed by atoms with Crippen molar-refractivity contribution >= 4 is 28.8 Å². The lowest BCUT2D eigenvalue weighted by Gasteiger charge is -2.11. The van der Waals surface area contributed by atoms with Crippen LogP contribution in [0.5, 0.6) is 0 Å². The lowest BCUT2D eigenvalue weighted by Crippen LogP contribution is -2.37. The summed E-state index contributed by atoms with van der Waals surface area (Å²) >= 11 is 0.964. The second-order valence-corrected chi connectivity index (χ2v) is 6.10. The van der Waals surface area contributed by atoms with Crippen LogP contribution in [-0.4, -0.2) is 35.9 Å². The van der Waals surface area contributed by atoms with Crippen LogP contribution in [0.4, 0.5) is 0 Å². The largest absolute Gasteiger partial charge is 0.481 e. The van der Waals surface area contributed by atoms with Gasteiger partial charge in [-0.25, -0.2) is 14.8 Å². The minimum absolute atomic E-state index is 0.182. The number of carboxylic acids is 1. The predicted molar refractivity (Wildman–Crippen MR) is 87.0 cm³/mol. The summed E-state index contributed by atoms with van der Waals surface area (Å²) in [5, 5.41) is 9.36. The van der Waals surface area contributed by atoms with E-state index in [0.29, 0.717) is 17.3 Å². The van der Waals surface area contributed by atoms with Crippen molar-refractivity contribution in [1.29, 1.82) is 0 Å². The van der Waals surface area contributed by atoms with Crippen molar-refractivity contribution < 1.29 is 9.90 Å². The number of hydrogen-bond acceptors (Lipinski definition) is 6. The third kappa shape index (κ3) is 3.44. The first-order valence-corrected chi connectivity index (χ1v) is 8.16. The number of fused-ring (bicyclic) bond motifs is 1. The Kier molecular flexibility index (Phi) is 5.19. The molecule has 2 heterocycles. The first kappa shape index (κ1) is 17.2. The molecule has 0 fully saturated rings. The number of aliphatic carboxylic acids is 1. The van der Waals surface area contributed by atoms with Crippen LogP contribution in [0, 0.1) is 0 Å². The fraction of sp³-hybridized carbons (Fsp3) is 0.500. The fourth-order valence-electron chi connectivity index (χ4n) is 2.15. The van der Waals surface area contributed by atoms with Gasteiger partial charge >= 0.3 is 11.7 Å². The van der Waals surface area contributed by atoms with Crippen molar-refractivity contribution in [1.82, 2.24) is 19.1 Å². The molecule has 0 saturated carbocycles. The van der Waals surface area contributed by atoms with Gasteiger partial charge in [0.15, 0.2) is 5.65 Å². The van der Waals surface area contributed by atoms with E-state index in [9.17, 15) is 14.4 Å². The third-order valence-electron chi connectivity index (χ3n) is 3.40. The lowest BCUT2D eigenvalue weighted by atomic mass is 10.2. The van der Waals surface area contributed by atoms with E-state index in [-0.39, 0.29) is 16.8 Å². The molecule has 2 aromatic heterocycles. The van der Waals surface area contributed by atoms with Crippen LogP contribution in [0.15, 0.2) is 14.6 Å². The number of thioether (sulfide) groups is 1. The van der Waals surface area contributed by atoms with E-state index in [1.54, 1.807) is 0 Å². The Hall–Kier alpha value is -2.16. The minimum Gasteiger partial charge on any atom is -0.481 e. The molecule has 0 amide bonds. The summed E-state index contributed by atoms with van der Waals surface area (Å²) in [6.07, 6.45) is 2.43. The van der Waals surface area contributed by atoms with Gasteiger partial charge in [0.05, 0.1) is 5.75 Å². The number of rotatable bonds is 6. The molecule has 2 aromatic rings. The van der Waals surface area contributed by atoms with Crippen molar-refractivity contribution in [3.63, 3.8) is 0 Å². The number of aromatic nitrogens is 4. The summed E-state index contributed by atoms with van der Waals surface area (Å²) in [4.78, 5) is 44.0. The van der Waals surface area contributed by atoms with E-state index in [1.807, 2.05) is 6.92 Å². The SMILES string of the molecule is CCCCc1nc(SCC(=O)O)c2c(=O)n(C)c(=O)n(C)c2n1. The highest BCUT2D eigenvalue weighted by molar-refractivity contribution is 8.00. The fourth-order valence-corrected chi connectivity index (χ4v) is 2.91. The summed E-state index contributed by atoms with van der Waals surface area (Å²) in [6, 6.07) is 0. The van der Waals surface area contributed by atoms with Gasteiger partial charge in [0, 0.05) is 20.5 Å². The molecule has 124 valence electrons. The van der Waals surface area contributed by atoms with Gasteiger partial charge in [-0.1, -0.05) is 25.1 Å². The Morgan fingerprint density at radius 3 is 2.52 bits per heavy atom. The molecule has 0 unspecified atom stereocenters. The molecule has 1 N–H and O–H groups in total. The summed E-state index contributed by atoms with van der Waals surface area (Å²) in [5.41, 5.74) is -0.748. The molecular formula is C14H18N4O4S. The standard InChI is InChI=1S/C14H18N4O4S/c1-4-5-6-8-15-11-10(12(16-8)23-7-9(19)20)13(21)18(3)14(22)17(11)2/h4-7H2,1-3H3,(H,19,20). The van der Waals surface area contributed by atoms with E-state index >= 15 is 0 Å². The minimum atomic E-state index is -1.00. The highest BCUT2D eigenvalue weighted by Gasteiger charge is 2.17. The molecule has 9 heteroatoms. The topological polar surface area (TPSA) is 107 Å². The van der Waals surface area contributed by atoms with Gasteiger partial charge in [-0.05, 0) is 6.42 Å². The summed E-state index contributed by atoms with van der Waals surface area (Å²) < 4.78 is 2.26. The summed E-state index contributed by atoms with van der Waals surface area (Å²) in [5.74, 6) is -0.709. The Morgan fingerprint density at radius 2 is 1.91 bits per heavy atom. The van der Waals surface area contributed by atoms with Crippen LogP contribution in [0.3, 0.4) is 0 Å². The van der Waals surface area contributed by atoms with E-state index in [0.717, 1.165) is 29.2 Å². The predicted octanol–water partition coefficient (Wildman–Crippen LogP) is 0.546. The van der Waals surface area contributed by atoms with Gasteiger partial charge in [-0.2, -0.15) is 0 Å². The second kappa shape index (κ2) is 6.95. The van der Waals surface area contributed by atoms with Crippen LogP contribution in [-0.2, 0) is 25.3 Å². The molecule has 23 heavy (non-hydrogen) atoms. The number of unbranched alkanes of at least 4 members (excludes halogenated alkanes) is 1. The smallest absolute Gasteiger partial charge is 0.332 e. The van der Waals surface area contributed by atoms with Gasteiger partial charge in [0.25, 0.3) is 5.56 Å². The first-order chi connectivity index (χ1) is 10.9. The number of carbonyl (C=O) groups is 1. The van der Waals surface area contributed by atoms with E-state index in [1.165, 1.54) is 18.7 Å². The molecule has 0 aromatic carbocycles. The van der Waals surface area contributed by atoms with Gasteiger partial charge in [0.2, 0.25) is 0 Å². The normalized spacial score (nSPS) is 11.1. The number of hydrogen-bond donors (Lipinski definition) is 1. The van der Waals surface area contributed by atoms with Crippen molar-refractivity contribution in [2.75, 3.05) is 5.75 Å². The van der Waals surface area contributed by atoms with E-state index in [4.69, 9.17) is 5.11 Å². The Balaban J connectivity index is 2.75. The average molecular weight is 338 g/mol. The molecule has 0 radical (unpaired) electrons. The van der Waals surface area contributed by atoms with Gasteiger partial charge in [-0.15, -0.1) is 0 Å². The highest BCUT2D eigenvalue weighted by atomic mass is 32.2. The molecule has 0 atom stereocenters. The number of aryl methyl sites for hydroxylation is 2. The molecule has 0 saturated heterocycles. The summed E-state index contributed by atoms with van der Waals surface area (Å²) in [6.45, 7) is 2.03. The summed E-state index contributed by atoms with van der Waals surface area (Å²) in [7, 11) is 2.91. The quantitative estimate of drug-likeness (QED) is 0.605. The molecule has 0 spiro atoms. The van der Waals surface area contributed by atoms with Crippen LogP contribution < -0.4 is 11.2 Å². The molecule has 0 bridgehead atoms.